The average molecular weight is 292 g/mol. The Kier molecular flexibility index (Phi) is 4.53. The number of halogens is 2. The second-order valence-electron chi connectivity index (χ2n) is 4.99. The van der Waals surface area contributed by atoms with Crippen molar-refractivity contribution < 1.29 is 13.5 Å². The molecular formula is C16H18F2N2O. The highest BCUT2D eigenvalue weighted by atomic mass is 19.1. The van der Waals surface area contributed by atoms with E-state index in [4.69, 9.17) is 10.5 Å². The minimum atomic E-state index is -0.801. The van der Waals surface area contributed by atoms with Crippen LogP contribution in [0.3, 0.4) is 0 Å². The van der Waals surface area contributed by atoms with Crippen molar-refractivity contribution >= 4 is 0 Å². The third kappa shape index (κ3) is 3.03. The van der Waals surface area contributed by atoms with Gasteiger partial charge in [0.05, 0.1) is 7.11 Å². The maximum Gasteiger partial charge on any atom is 0.130 e. The van der Waals surface area contributed by atoms with Gasteiger partial charge in [-0.25, -0.2) is 8.78 Å². The fourth-order valence-electron chi connectivity index (χ4n) is 2.45. The molecule has 1 unspecified atom stereocenters. The Hall–Kier alpha value is -2.01. The molecule has 0 fully saturated rings. The van der Waals surface area contributed by atoms with E-state index in [-0.39, 0.29) is 12.0 Å². The number of hydrogen-bond acceptors (Lipinski definition) is 3. The van der Waals surface area contributed by atoms with Crippen LogP contribution in [0, 0.1) is 25.5 Å². The fourth-order valence-corrected chi connectivity index (χ4v) is 2.45. The molecule has 2 rings (SSSR count). The van der Waals surface area contributed by atoms with Crippen molar-refractivity contribution in [2.75, 3.05) is 7.11 Å². The van der Waals surface area contributed by atoms with Crippen LogP contribution in [0.25, 0.3) is 0 Å². The highest BCUT2D eigenvalue weighted by Crippen LogP contribution is 2.28. The molecule has 0 saturated heterocycles. The fraction of sp³-hybridized carbons (Fsp3) is 0.312. The summed E-state index contributed by atoms with van der Waals surface area (Å²) in [5.41, 5.74) is 8.27. The van der Waals surface area contributed by atoms with Crippen LogP contribution in [-0.4, -0.2) is 12.1 Å². The molecule has 0 spiro atoms. The van der Waals surface area contributed by atoms with E-state index in [0.717, 1.165) is 16.9 Å². The Balaban J connectivity index is 2.34. The van der Waals surface area contributed by atoms with Gasteiger partial charge in [0.1, 0.15) is 17.4 Å². The van der Waals surface area contributed by atoms with Gasteiger partial charge in [0.2, 0.25) is 0 Å². The van der Waals surface area contributed by atoms with Gasteiger partial charge >= 0.3 is 0 Å². The predicted octanol–water partition coefficient (Wildman–Crippen LogP) is 3.23. The van der Waals surface area contributed by atoms with E-state index in [2.05, 4.69) is 4.98 Å². The van der Waals surface area contributed by atoms with Crippen LogP contribution in [0.15, 0.2) is 24.4 Å². The number of pyridine rings is 1. The third-order valence-corrected chi connectivity index (χ3v) is 3.53. The van der Waals surface area contributed by atoms with E-state index in [9.17, 15) is 8.78 Å². The van der Waals surface area contributed by atoms with Crippen molar-refractivity contribution in [2.24, 2.45) is 5.73 Å². The Morgan fingerprint density at radius 1 is 1.24 bits per heavy atom. The topological polar surface area (TPSA) is 48.1 Å². The monoisotopic (exact) mass is 292 g/mol. The lowest BCUT2D eigenvalue weighted by Gasteiger charge is -2.17. The van der Waals surface area contributed by atoms with Gasteiger partial charge in [-0.05, 0) is 26.0 Å². The van der Waals surface area contributed by atoms with Crippen molar-refractivity contribution in [1.82, 2.24) is 4.98 Å². The van der Waals surface area contributed by atoms with Crippen LogP contribution >= 0.6 is 0 Å². The number of nitrogens with zero attached hydrogens (tertiary/aromatic N) is 1. The lowest BCUT2D eigenvalue weighted by atomic mass is 9.98. The zero-order chi connectivity index (χ0) is 15.6. The minimum Gasteiger partial charge on any atom is -0.496 e. The van der Waals surface area contributed by atoms with Gasteiger partial charge < -0.3 is 10.5 Å². The molecule has 21 heavy (non-hydrogen) atoms. The van der Waals surface area contributed by atoms with Crippen LogP contribution in [-0.2, 0) is 6.42 Å². The van der Waals surface area contributed by atoms with Crippen molar-refractivity contribution in [3.63, 3.8) is 0 Å². The summed E-state index contributed by atoms with van der Waals surface area (Å²) >= 11 is 0. The maximum atomic E-state index is 13.7. The number of aromatic nitrogens is 1. The van der Waals surface area contributed by atoms with E-state index in [1.165, 1.54) is 18.2 Å². The highest BCUT2D eigenvalue weighted by Gasteiger charge is 2.19. The van der Waals surface area contributed by atoms with Gasteiger partial charge in [-0.3, -0.25) is 4.98 Å². The molecule has 1 aromatic heterocycles. The SMILES string of the molecule is COc1c(C)cnc(CC(N)c2c(F)cccc2F)c1C. The van der Waals surface area contributed by atoms with Crippen LogP contribution in [0.2, 0.25) is 0 Å². The Labute approximate surface area is 122 Å². The highest BCUT2D eigenvalue weighted by molar-refractivity contribution is 5.41. The third-order valence-electron chi connectivity index (χ3n) is 3.53. The molecule has 0 amide bonds. The quantitative estimate of drug-likeness (QED) is 0.941. The molecule has 0 aliphatic heterocycles. The maximum absolute atomic E-state index is 13.7. The first-order valence-corrected chi connectivity index (χ1v) is 6.64. The van der Waals surface area contributed by atoms with E-state index < -0.39 is 17.7 Å². The summed E-state index contributed by atoms with van der Waals surface area (Å²) < 4.78 is 32.8. The summed E-state index contributed by atoms with van der Waals surface area (Å²) in [6, 6.07) is 2.92. The molecule has 0 aliphatic rings. The molecule has 2 aromatic rings. The molecule has 3 nitrogen and oxygen atoms in total. The van der Waals surface area contributed by atoms with Gasteiger partial charge in [-0.15, -0.1) is 0 Å². The minimum absolute atomic E-state index is 0.113. The molecule has 112 valence electrons. The molecule has 0 bridgehead atoms. The molecule has 1 heterocycles. The van der Waals surface area contributed by atoms with Crippen LogP contribution in [0.5, 0.6) is 5.75 Å². The average Bonchev–Trinajstić information content (AvgIpc) is 2.42. The summed E-state index contributed by atoms with van der Waals surface area (Å²) in [4.78, 5) is 4.31. The van der Waals surface area contributed by atoms with E-state index >= 15 is 0 Å². The summed E-state index contributed by atoms with van der Waals surface area (Å²) in [5, 5.41) is 0. The summed E-state index contributed by atoms with van der Waals surface area (Å²) in [6.07, 6.45) is 1.91. The van der Waals surface area contributed by atoms with Crippen molar-refractivity contribution in [3.05, 3.63) is 58.4 Å². The first-order valence-electron chi connectivity index (χ1n) is 6.64. The molecule has 1 aromatic carbocycles. The lowest BCUT2D eigenvalue weighted by Crippen LogP contribution is -2.18. The number of methoxy groups -OCH3 is 1. The van der Waals surface area contributed by atoms with E-state index in [1.807, 2.05) is 13.8 Å². The number of nitrogens with two attached hydrogens (primary N) is 1. The van der Waals surface area contributed by atoms with Crippen molar-refractivity contribution in [1.29, 1.82) is 0 Å². The number of aryl methyl sites for hydroxylation is 1. The van der Waals surface area contributed by atoms with Crippen LogP contribution in [0.4, 0.5) is 8.78 Å². The van der Waals surface area contributed by atoms with Gasteiger partial charge in [0.25, 0.3) is 0 Å². The molecule has 2 N–H and O–H groups in total. The Bertz CT molecular complexity index is 639. The largest absolute Gasteiger partial charge is 0.496 e. The van der Waals surface area contributed by atoms with Gasteiger partial charge in [-0.1, -0.05) is 6.07 Å². The number of benzene rings is 1. The zero-order valence-electron chi connectivity index (χ0n) is 12.3. The standard InChI is InChI=1S/C16H18F2N2O/c1-9-8-20-14(10(2)16(9)21-3)7-13(19)15-11(17)5-4-6-12(15)18/h4-6,8,13H,7,19H2,1-3H3. The van der Waals surface area contributed by atoms with Crippen molar-refractivity contribution in [3.8, 4) is 5.75 Å². The molecule has 0 aliphatic carbocycles. The second kappa shape index (κ2) is 6.18. The van der Waals surface area contributed by atoms with E-state index in [0.29, 0.717) is 5.69 Å². The first kappa shape index (κ1) is 15.4. The van der Waals surface area contributed by atoms with Crippen LogP contribution < -0.4 is 10.5 Å². The van der Waals surface area contributed by atoms with Gasteiger partial charge in [0, 0.05) is 41.0 Å². The van der Waals surface area contributed by atoms with E-state index in [1.54, 1.807) is 13.3 Å². The van der Waals surface area contributed by atoms with Gasteiger partial charge in [-0.2, -0.15) is 0 Å². The molecular weight excluding hydrogens is 274 g/mol. The summed E-state index contributed by atoms with van der Waals surface area (Å²) in [6.45, 7) is 3.75. The Morgan fingerprint density at radius 2 is 1.86 bits per heavy atom. The normalized spacial score (nSPS) is 12.3. The Morgan fingerprint density at radius 3 is 2.43 bits per heavy atom. The molecule has 0 radical (unpaired) electrons. The zero-order valence-corrected chi connectivity index (χ0v) is 12.3. The summed E-state index contributed by atoms with van der Waals surface area (Å²) in [7, 11) is 1.58. The number of rotatable bonds is 4. The van der Waals surface area contributed by atoms with Gasteiger partial charge in [0.15, 0.2) is 0 Å². The molecule has 1 atom stereocenters. The second-order valence-corrected chi connectivity index (χ2v) is 4.99. The number of ether oxygens (including phenoxy) is 1. The molecule has 5 heteroatoms. The summed E-state index contributed by atoms with van der Waals surface area (Å²) in [5.74, 6) is -0.556. The molecule has 0 saturated carbocycles. The smallest absolute Gasteiger partial charge is 0.130 e. The van der Waals surface area contributed by atoms with Crippen molar-refractivity contribution in [2.45, 2.75) is 26.3 Å². The number of hydrogen-bond donors (Lipinski definition) is 1. The first-order chi connectivity index (χ1) is 9.95. The lowest BCUT2D eigenvalue weighted by molar-refractivity contribution is 0.406. The van der Waals surface area contributed by atoms with Crippen LogP contribution in [0.1, 0.15) is 28.4 Å². The predicted molar refractivity (Wildman–Crippen MR) is 77.3 cm³/mol.